The van der Waals surface area contributed by atoms with Crippen molar-refractivity contribution in [2.45, 2.75) is 13.3 Å². The maximum Gasteiger partial charge on any atom is 0.248 e. The summed E-state index contributed by atoms with van der Waals surface area (Å²) in [4.78, 5) is 40.3. The number of carbonyl (C=O) groups excluding carboxylic acids is 2. The molecule has 0 aliphatic carbocycles. The summed E-state index contributed by atoms with van der Waals surface area (Å²) in [6.45, 7) is 1.80. The van der Waals surface area contributed by atoms with Crippen LogP contribution in [0.5, 0.6) is 0 Å². The van der Waals surface area contributed by atoms with Crippen LogP contribution in [-0.4, -0.2) is 41.9 Å². The monoisotopic (exact) mass is 502 g/mol. The van der Waals surface area contributed by atoms with Crippen LogP contribution >= 0.6 is 0 Å². The molecule has 0 bridgehead atoms. The molecule has 0 saturated heterocycles. The fourth-order valence-corrected chi connectivity index (χ4v) is 4.35. The number of aromatic nitrogens is 6. The van der Waals surface area contributed by atoms with E-state index in [-0.39, 0.29) is 5.91 Å². The Balaban J connectivity index is 1.40. The van der Waals surface area contributed by atoms with Crippen molar-refractivity contribution in [3.8, 4) is 33.8 Å². The Labute approximate surface area is 216 Å². The number of primary amides is 1. The topological polar surface area (TPSA) is 155 Å². The third-order valence-electron chi connectivity index (χ3n) is 6.32. The lowest BCUT2D eigenvalue weighted by molar-refractivity contribution is -0.115. The first-order chi connectivity index (χ1) is 18.5. The van der Waals surface area contributed by atoms with E-state index < -0.39 is 5.91 Å². The Bertz CT molecular complexity index is 1840. The lowest BCUT2D eigenvalue weighted by atomic mass is 10.0. The van der Waals surface area contributed by atoms with Gasteiger partial charge in [-0.25, -0.2) is 9.97 Å². The van der Waals surface area contributed by atoms with Crippen LogP contribution in [0.25, 0.3) is 55.8 Å². The Hall–Kier alpha value is -5.38. The van der Waals surface area contributed by atoms with Crippen LogP contribution in [0, 0.1) is 0 Å². The van der Waals surface area contributed by atoms with Crippen molar-refractivity contribution in [2.24, 2.45) is 5.73 Å². The van der Waals surface area contributed by atoms with Crippen LogP contribution in [0.2, 0.25) is 0 Å². The van der Waals surface area contributed by atoms with Crippen LogP contribution in [-0.2, 0) is 4.79 Å². The molecule has 0 saturated carbocycles. The van der Waals surface area contributed by atoms with Gasteiger partial charge in [0.05, 0.1) is 28.3 Å². The number of anilines is 1. The zero-order chi connectivity index (χ0) is 26.2. The molecular formula is C28H22N8O2. The molecule has 0 spiro atoms. The van der Waals surface area contributed by atoms with Gasteiger partial charge in [-0.15, -0.1) is 0 Å². The lowest BCUT2D eigenvalue weighted by Crippen LogP contribution is -2.10. The van der Waals surface area contributed by atoms with Crippen LogP contribution in [0.1, 0.15) is 23.7 Å². The highest BCUT2D eigenvalue weighted by atomic mass is 16.1. The van der Waals surface area contributed by atoms with Crippen molar-refractivity contribution in [3.63, 3.8) is 0 Å². The van der Waals surface area contributed by atoms with E-state index in [2.05, 4.69) is 30.5 Å². The Morgan fingerprint density at radius 2 is 1.79 bits per heavy atom. The number of amides is 2. The average molecular weight is 503 g/mol. The normalized spacial score (nSPS) is 11.2. The van der Waals surface area contributed by atoms with E-state index in [0.717, 1.165) is 38.7 Å². The van der Waals surface area contributed by atoms with E-state index in [9.17, 15) is 9.59 Å². The summed E-state index contributed by atoms with van der Waals surface area (Å²) >= 11 is 0. The fourth-order valence-electron chi connectivity index (χ4n) is 4.35. The molecule has 0 aliphatic rings. The summed E-state index contributed by atoms with van der Waals surface area (Å²) in [6.07, 6.45) is 5.44. The van der Waals surface area contributed by atoms with Gasteiger partial charge >= 0.3 is 0 Å². The van der Waals surface area contributed by atoms with Crippen LogP contribution in [0.4, 0.5) is 5.69 Å². The van der Waals surface area contributed by atoms with Gasteiger partial charge in [-0.3, -0.25) is 19.7 Å². The molecule has 6 rings (SSSR count). The minimum absolute atomic E-state index is 0.0808. The van der Waals surface area contributed by atoms with E-state index in [1.54, 1.807) is 37.6 Å². The molecule has 10 nitrogen and oxygen atoms in total. The number of H-pyrrole nitrogens is 2. The molecule has 4 aromatic heterocycles. The minimum Gasteiger partial charge on any atom is -0.366 e. The number of hydrogen-bond donors (Lipinski definition) is 4. The van der Waals surface area contributed by atoms with Gasteiger partial charge in [-0.05, 0) is 35.9 Å². The summed E-state index contributed by atoms with van der Waals surface area (Å²) in [5.41, 5.74) is 12.8. The Kier molecular flexibility index (Phi) is 5.61. The molecule has 38 heavy (non-hydrogen) atoms. The predicted octanol–water partition coefficient (Wildman–Crippen LogP) is 4.68. The number of hydrogen-bond acceptors (Lipinski definition) is 6. The van der Waals surface area contributed by atoms with Gasteiger partial charge in [0.25, 0.3) is 0 Å². The quantitative estimate of drug-likeness (QED) is 0.259. The highest BCUT2D eigenvalue weighted by molar-refractivity contribution is 5.98. The number of rotatable bonds is 6. The van der Waals surface area contributed by atoms with Gasteiger partial charge in [-0.1, -0.05) is 31.2 Å². The van der Waals surface area contributed by atoms with Crippen molar-refractivity contribution in [1.29, 1.82) is 0 Å². The first-order valence-corrected chi connectivity index (χ1v) is 12.0. The molecule has 6 aromatic rings. The number of nitrogens with two attached hydrogens (primary N) is 1. The molecule has 4 heterocycles. The highest BCUT2D eigenvalue weighted by Crippen LogP contribution is 2.33. The van der Waals surface area contributed by atoms with E-state index in [4.69, 9.17) is 10.7 Å². The summed E-state index contributed by atoms with van der Waals surface area (Å²) in [5.74, 6) is 0.0663. The molecule has 2 amide bonds. The van der Waals surface area contributed by atoms with Crippen molar-refractivity contribution < 1.29 is 9.59 Å². The third kappa shape index (κ3) is 4.13. The third-order valence-corrected chi connectivity index (χ3v) is 6.32. The summed E-state index contributed by atoms with van der Waals surface area (Å²) in [6, 6.07) is 16.8. The number of carbonyl (C=O) groups is 2. The molecule has 0 unspecified atom stereocenters. The fraction of sp³-hybridized carbons (Fsp3) is 0.0714. The largest absolute Gasteiger partial charge is 0.366 e. The van der Waals surface area contributed by atoms with Crippen LogP contribution in [0.15, 0.2) is 73.2 Å². The predicted molar refractivity (Wildman–Crippen MR) is 145 cm³/mol. The van der Waals surface area contributed by atoms with Gasteiger partial charge in [0, 0.05) is 41.1 Å². The second-order valence-corrected chi connectivity index (χ2v) is 8.79. The molecule has 186 valence electrons. The Morgan fingerprint density at radius 3 is 2.58 bits per heavy atom. The van der Waals surface area contributed by atoms with Crippen LogP contribution < -0.4 is 11.1 Å². The molecule has 2 aromatic carbocycles. The maximum atomic E-state index is 11.8. The van der Waals surface area contributed by atoms with Crippen molar-refractivity contribution in [2.75, 3.05) is 5.32 Å². The van der Waals surface area contributed by atoms with Crippen molar-refractivity contribution >= 4 is 39.6 Å². The molecule has 0 radical (unpaired) electrons. The number of nitrogens with zero attached hydrogens (tertiary/aromatic N) is 4. The number of nitrogens with one attached hydrogen (secondary N) is 3. The Morgan fingerprint density at radius 1 is 0.974 bits per heavy atom. The molecule has 10 heteroatoms. The number of benzene rings is 2. The second kappa shape index (κ2) is 9.25. The summed E-state index contributed by atoms with van der Waals surface area (Å²) < 4.78 is 0. The molecule has 0 atom stereocenters. The summed E-state index contributed by atoms with van der Waals surface area (Å²) in [5, 5.41) is 11.0. The highest BCUT2D eigenvalue weighted by Gasteiger charge is 2.16. The molecule has 0 aliphatic heterocycles. The van der Waals surface area contributed by atoms with E-state index in [1.165, 1.54) is 0 Å². The summed E-state index contributed by atoms with van der Waals surface area (Å²) in [7, 11) is 0. The van der Waals surface area contributed by atoms with Gasteiger partial charge in [-0.2, -0.15) is 5.10 Å². The number of pyridine rings is 2. The number of para-hydroxylation sites is 1. The van der Waals surface area contributed by atoms with Crippen LogP contribution in [0.3, 0.4) is 0 Å². The maximum absolute atomic E-state index is 11.8. The number of imidazole rings is 1. The van der Waals surface area contributed by atoms with E-state index in [0.29, 0.717) is 34.8 Å². The van der Waals surface area contributed by atoms with E-state index >= 15 is 0 Å². The number of fused-ring (bicyclic) bond motifs is 2. The lowest BCUT2D eigenvalue weighted by Gasteiger charge is -2.06. The van der Waals surface area contributed by atoms with E-state index in [1.807, 2.05) is 42.5 Å². The molecule has 5 N–H and O–H groups in total. The first kappa shape index (κ1) is 23.0. The van der Waals surface area contributed by atoms with Crippen molar-refractivity contribution in [3.05, 3.63) is 78.8 Å². The second-order valence-electron chi connectivity index (χ2n) is 8.79. The smallest absolute Gasteiger partial charge is 0.248 e. The zero-order valence-corrected chi connectivity index (χ0v) is 20.3. The molecule has 0 fully saturated rings. The minimum atomic E-state index is -0.468. The number of aromatic amines is 2. The molecular weight excluding hydrogens is 480 g/mol. The van der Waals surface area contributed by atoms with Gasteiger partial charge in [0.1, 0.15) is 5.69 Å². The van der Waals surface area contributed by atoms with Gasteiger partial charge < -0.3 is 16.0 Å². The first-order valence-electron chi connectivity index (χ1n) is 12.0. The average Bonchev–Trinajstić information content (AvgIpc) is 3.57. The van der Waals surface area contributed by atoms with Gasteiger partial charge in [0.15, 0.2) is 11.5 Å². The SMILES string of the molecule is CCC(=O)Nc1cncc(-c2cnc3n[nH]c(-c4nc5c(-c6ccc(C(N)=O)cc6)cccc5[nH]4)c3c2)c1. The van der Waals surface area contributed by atoms with Gasteiger partial charge in [0.2, 0.25) is 11.8 Å². The van der Waals surface area contributed by atoms with Crippen molar-refractivity contribution in [1.82, 2.24) is 30.1 Å². The standard InChI is InChI=1S/C28H22N8O2/c1-2-23(37)32-19-10-17(12-30-14-19)18-11-21-25(35-36-27(21)31-13-18)28-33-22-5-3-4-20(24(22)34-28)15-6-8-16(9-7-15)26(29)38/h3-14H,2H2,1H3,(H2,29,38)(H,32,37)(H,33,34)(H,31,35,36). The zero-order valence-electron chi connectivity index (χ0n) is 20.3.